The van der Waals surface area contributed by atoms with Crippen LogP contribution in [-0.2, 0) is 0 Å². The van der Waals surface area contributed by atoms with E-state index in [1.165, 1.54) is 0 Å². The van der Waals surface area contributed by atoms with Crippen molar-refractivity contribution < 1.29 is 0 Å². The Morgan fingerprint density at radius 3 is 2.50 bits per heavy atom. The minimum Gasteiger partial charge on any atom is -0.367 e. The first-order chi connectivity index (χ1) is 8.45. The lowest BCUT2D eigenvalue weighted by Crippen LogP contribution is -2.47. The quantitative estimate of drug-likeness (QED) is 0.883. The summed E-state index contributed by atoms with van der Waals surface area (Å²) in [6.07, 6.45) is 0.867. The molecule has 0 bridgehead atoms. The van der Waals surface area contributed by atoms with Crippen LogP contribution in [0.3, 0.4) is 0 Å². The van der Waals surface area contributed by atoms with Crippen molar-refractivity contribution >= 4 is 29.1 Å². The molecular formula is C14H17ClN2S. The van der Waals surface area contributed by atoms with Crippen molar-refractivity contribution in [1.82, 2.24) is 0 Å². The van der Waals surface area contributed by atoms with Crippen molar-refractivity contribution in [3.63, 3.8) is 0 Å². The van der Waals surface area contributed by atoms with Gasteiger partial charge in [0.05, 0.1) is 6.07 Å². The van der Waals surface area contributed by atoms with Gasteiger partial charge in [-0.25, -0.2) is 0 Å². The van der Waals surface area contributed by atoms with E-state index in [2.05, 4.69) is 25.2 Å². The van der Waals surface area contributed by atoms with E-state index >= 15 is 0 Å². The van der Waals surface area contributed by atoms with Gasteiger partial charge < -0.3 is 5.32 Å². The zero-order valence-corrected chi connectivity index (χ0v) is 12.2. The van der Waals surface area contributed by atoms with Crippen LogP contribution < -0.4 is 5.32 Å². The molecule has 0 saturated carbocycles. The second-order valence-electron chi connectivity index (χ2n) is 5.66. The second kappa shape index (κ2) is 5.03. The number of nitrogens with zero attached hydrogens (tertiary/aromatic N) is 1. The number of benzene rings is 1. The Labute approximate surface area is 118 Å². The normalized spacial score (nSPS) is 26.3. The third kappa shape index (κ3) is 3.13. The zero-order chi connectivity index (χ0) is 13.2. The highest BCUT2D eigenvalue weighted by Crippen LogP contribution is 2.40. The van der Waals surface area contributed by atoms with Crippen LogP contribution in [0, 0.1) is 16.7 Å². The molecule has 0 spiro atoms. The van der Waals surface area contributed by atoms with Crippen LogP contribution in [0.15, 0.2) is 24.3 Å². The second-order valence-corrected chi connectivity index (χ2v) is 7.08. The Balaban J connectivity index is 2.18. The molecule has 1 aliphatic rings. The molecule has 1 atom stereocenters. The van der Waals surface area contributed by atoms with E-state index in [4.69, 9.17) is 11.6 Å². The standard InChI is InChI=1S/C14H17ClN2S/c1-13(2)7-14(8-16,10-18-9-13)17-12-5-3-11(15)4-6-12/h3-6,17H,7,9-10H2,1-2H3. The molecule has 1 fully saturated rings. The van der Waals surface area contributed by atoms with Crippen LogP contribution in [0.1, 0.15) is 20.3 Å². The molecule has 1 N–H and O–H groups in total. The molecule has 0 aromatic heterocycles. The smallest absolute Gasteiger partial charge is 0.135 e. The van der Waals surface area contributed by atoms with Crippen molar-refractivity contribution in [3.05, 3.63) is 29.3 Å². The first kappa shape index (κ1) is 13.6. The van der Waals surface area contributed by atoms with Gasteiger partial charge >= 0.3 is 0 Å². The van der Waals surface area contributed by atoms with E-state index in [1.54, 1.807) is 0 Å². The van der Waals surface area contributed by atoms with Gasteiger partial charge in [-0.15, -0.1) is 0 Å². The third-order valence-electron chi connectivity index (χ3n) is 3.06. The van der Waals surface area contributed by atoms with Crippen molar-refractivity contribution in [2.24, 2.45) is 5.41 Å². The maximum atomic E-state index is 9.54. The molecule has 96 valence electrons. The van der Waals surface area contributed by atoms with Crippen molar-refractivity contribution in [3.8, 4) is 6.07 Å². The minimum absolute atomic E-state index is 0.193. The number of halogens is 1. The van der Waals surface area contributed by atoms with Crippen LogP contribution in [0.5, 0.6) is 0 Å². The van der Waals surface area contributed by atoms with Gasteiger partial charge in [0.25, 0.3) is 0 Å². The van der Waals surface area contributed by atoms with E-state index < -0.39 is 5.54 Å². The molecule has 18 heavy (non-hydrogen) atoms. The van der Waals surface area contributed by atoms with Gasteiger partial charge in [0.15, 0.2) is 0 Å². The molecular weight excluding hydrogens is 264 g/mol. The molecule has 0 aliphatic carbocycles. The van der Waals surface area contributed by atoms with E-state index in [0.717, 1.165) is 23.6 Å². The van der Waals surface area contributed by atoms with Crippen LogP contribution in [0.2, 0.25) is 5.02 Å². The lowest BCUT2D eigenvalue weighted by Gasteiger charge is -2.41. The molecule has 1 aliphatic heterocycles. The summed E-state index contributed by atoms with van der Waals surface area (Å²) in [6, 6.07) is 10.0. The van der Waals surface area contributed by atoms with Crippen molar-refractivity contribution in [2.75, 3.05) is 16.8 Å². The number of hydrogen-bond donors (Lipinski definition) is 1. The van der Waals surface area contributed by atoms with Gasteiger partial charge in [-0.05, 0) is 41.9 Å². The van der Waals surface area contributed by atoms with Crippen molar-refractivity contribution in [2.45, 2.75) is 25.8 Å². The SMILES string of the molecule is CC1(C)CSCC(C#N)(Nc2ccc(Cl)cc2)C1. The fourth-order valence-corrected chi connectivity index (χ4v) is 3.88. The van der Waals surface area contributed by atoms with Crippen LogP contribution in [-0.4, -0.2) is 17.0 Å². The highest BCUT2D eigenvalue weighted by atomic mass is 35.5. The van der Waals surface area contributed by atoms with Crippen LogP contribution in [0.25, 0.3) is 0 Å². The molecule has 0 radical (unpaired) electrons. The number of nitriles is 1. The Morgan fingerprint density at radius 2 is 1.94 bits per heavy atom. The maximum Gasteiger partial charge on any atom is 0.135 e. The summed E-state index contributed by atoms with van der Waals surface area (Å²) in [7, 11) is 0. The van der Waals surface area contributed by atoms with Gasteiger partial charge in [0.2, 0.25) is 0 Å². The summed E-state index contributed by atoms with van der Waals surface area (Å²) < 4.78 is 0. The maximum absolute atomic E-state index is 9.54. The largest absolute Gasteiger partial charge is 0.367 e. The highest BCUT2D eigenvalue weighted by Gasteiger charge is 2.40. The summed E-state index contributed by atoms with van der Waals surface area (Å²) in [5.41, 5.74) is 0.678. The molecule has 1 heterocycles. The number of rotatable bonds is 2. The van der Waals surface area contributed by atoms with Crippen molar-refractivity contribution in [1.29, 1.82) is 5.26 Å². The number of hydrogen-bond acceptors (Lipinski definition) is 3. The van der Waals surface area contributed by atoms with Gasteiger partial charge in [-0.2, -0.15) is 17.0 Å². The number of thioether (sulfide) groups is 1. The lowest BCUT2D eigenvalue weighted by atomic mass is 9.80. The van der Waals surface area contributed by atoms with Gasteiger partial charge in [-0.1, -0.05) is 25.4 Å². The van der Waals surface area contributed by atoms with Crippen LogP contribution in [0.4, 0.5) is 5.69 Å². The summed E-state index contributed by atoms with van der Waals surface area (Å²) in [5, 5.41) is 13.6. The summed E-state index contributed by atoms with van der Waals surface area (Å²) >= 11 is 7.72. The fraction of sp³-hybridized carbons (Fsp3) is 0.500. The highest BCUT2D eigenvalue weighted by molar-refractivity contribution is 7.99. The Morgan fingerprint density at radius 1 is 1.28 bits per heavy atom. The molecule has 1 saturated heterocycles. The van der Waals surface area contributed by atoms with Crippen LogP contribution >= 0.6 is 23.4 Å². The predicted octanol–water partition coefficient (Wildman–Crippen LogP) is 4.18. The number of anilines is 1. The molecule has 1 aromatic rings. The van der Waals surface area contributed by atoms with E-state index in [1.807, 2.05) is 36.0 Å². The topological polar surface area (TPSA) is 35.8 Å². The first-order valence-corrected chi connectivity index (χ1v) is 7.51. The lowest BCUT2D eigenvalue weighted by molar-refractivity contribution is 0.324. The third-order valence-corrected chi connectivity index (χ3v) is 5.00. The molecule has 0 amide bonds. The average Bonchev–Trinajstić information content (AvgIpc) is 2.31. The predicted molar refractivity (Wildman–Crippen MR) is 79.1 cm³/mol. The summed E-state index contributed by atoms with van der Waals surface area (Å²) in [5.74, 6) is 1.94. The first-order valence-electron chi connectivity index (χ1n) is 5.98. The van der Waals surface area contributed by atoms with E-state index in [0.29, 0.717) is 5.02 Å². The monoisotopic (exact) mass is 280 g/mol. The molecule has 2 rings (SSSR count). The molecule has 4 heteroatoms. The fourth-order valence-electron chi connectivity index (χ4n) is 2.41. The zero-order valence-electron chi connectivity index (χ0n) is 10.7. The Hall–Kier alpha value is -0.850. The molecule has 1 aromatic carbocycles. The summed E-state index contributed by atoms with van der Waals surface area (Å²) in [4.78, 5) is 0. The summed E-state index contributed by atoms with van der Waals surface area (Å²) in [6.45, 7) is 4.43. The molecule has 1 unspecified atom stereocenters. The van der Waals surface area contributed by atoms with E-state index in [-0.39, 0.29) is 5.41 Å². The Kier molecular flexibility index (Phi) is 3.79. The van der Waals surface area contributed by atoms with Gasteiger partial charge in [0.1, 0.15) is 5.54 Å². The minimum atomic E-state index is -0.472. The van der Waals surface area contributed by atoms with Gasteiger partial charge in [0, 0.05) is 16.5 Å². The molecule has 2 nitrogen and oxygen atoms in total. The Bertz CT molecular complexity index is 464. The average molecular weight is 281 g/mol. The van der Waals surface area contributed by atoms with E-state index in [9.17, 15) is 5.26 Å². The van der Waals surface area contributed by atoms with Gasteiger partial charge in [-0.3, -0.25) is 0 Å². The number of nitrogens with one attached hydrogen (secondary N) is 1.